The number of hydrogen-bond donors (Lipinski definition) is 3. The normalized spacial score (nSPS) is 21.1. The highest BCUT2D eigenvalue weighted by atomic mass is 16.1. The van der Waals surface area contributed by atoms with Crippen LogP contribution in [0.2, 0.25) is 0 Å². The number of carbonyl (C=O) groups excluding carboxylic acids is 1. The van der Waals surface area contributed by atoms with Crippen molar-refractivity contribution in [2.75, 3.05) is 5.32 Å². The minimum Gasteiger partial charge on any atom is -0.351 e. The van der Waals surface area contributed by atoms with Gasteiger partial charge in [-0.1, -0.05) is 6.07 Å². The van der Waals surface area contributed by atoms with Crippen molar-refractivity contribution >= 4 is 33.8 Å². The van der Waals surface area contributed by atoms with Crippen LogP contribution in [0.5, 0.6) is 0 Å². The van der Waals surface area contributed by atoms with Crippen LogP contribution in [-0.4, -0.2) is 42.6 Å². The summed E-state index contributed by atoms with van der Waals surface area (Å²) in [5.74, 6) is 0.595. The Morgan fingerprint density at radius 3 is 2.97 bits per heavy atom. The van der Waals surface area contributed by atoms with E-state index in [0.717, 1.165) is 45.9 Å². The Labute approximate surface area is 167 Å². The smallest absolute Gasteiger partial charge is 0.224 e. The third kappa shape index (κ3) is 3.26. The molecule has 3 N–H and O–H groups in total. The minimum absolute atomic E-state index is 0.00303. The Balaban J connectivity index is 1.37. The van der Waals surface area contributed by atoms with E-state index in [1.54, 1.807) is 13.1 Å². The lowest BCUT2D eigenvalue weighted by Gasteiger charge is -2.45. The highest BCUT2D eigenvalue weighted by molar-refractivity contribution is 5.96. The van der Waals surface area contributed by atoms with Gasteiger partial charge in [-0.05, 0) is 43.5 Å². The molecule has 8 heteroatoms. The molecule has 8 nitrogen and oxygen atoms in total. The molecule has 0 radical (unpaired) electrons. The molecule has 3 heterocycles. The van der Waals surface area contributed by atoms with Gasteiger partial charge in [-0.3, -0.25) is 4.79 Å². The molecule has 1 aromatic carbocycles. The molecule has 0 bridgehead atoms. The van der Waals surface area contributed by atoms with E-state index in [1.807, 2.05) is 30.6 Å². The first-order valence-corrected chi connectivity index (χ1v) is 9.60. The van der Waals surface area contributed by atoms with Crippen LogP contribution in [0.4, 0.5) is 5.95 Å². The van der Waals surface area contributed by atoms with Gasteiger partial charge in [0.15, 0.2) is 0 Å². The molecule has 29 heavy (non-hydrogen) atoms. The lowest BCUT2D eigenvalue weighted by atomic mass is 9.74. The monoisotopic (exact) mass is 387 g/mol. The summed E-state index contributed by atoms with van der Waals surface area (Å²) in [4.78, 5) is 23.7. The van der Waals surface area contributed by atoms with Crippen molar-refractivity contribution in [3.8, 4) is 11.1 Å². The van der Waals surface area contributed by atoms with Gasteiger partial charge in [0.1, 0.15) is 5.65 Å². The molecule has 0 atom stereocenters. The first-order chi connectivity index (χ1) is 14.0. The predicted molar refractivity (Wildman–Crippen MR) is 111 cm³/mol. The molecule has 0 unspecified atom stereocenters. The number of anilines is 1. The van der Waals surface area contributed by atoms with Gasteiger partial charge in [-0.25, -0.2) is 4.98 Å². The van der Waals surface area contributed by atoms with Crippen LogP contribution in [0.1, 0.15) is 26.7 Å². The third-order valence-corrected chi connectivity index (χ3v) is 5.46. The molecular weight excluding hydrogens is 366 g/mol. The average molecular weight is 387 g/mol. The number of rotatable bonds is 4. The molecule has 4 aromatic rings. The molecule has 1 aliphatic carbocycles. The Morgan fingerprint density at radius 1 is 1.28 bits per heavy atom. The predicted octanol–water partition coefficient (Wildman–Crippen LogP) is 3.04. The number of hydrogen-bond acceptors (Lipinski definition) is 6. The Morgan fingerprint density at radius 2 is 2.14 bits per heavy atom. The first-order valence-electron chi connectivity index (χ1n) is 9.60. The molecule has 5 rings (SSSR count). The zero-order valence-electron chi connectivity index (χ0n) is 16.2. The van der Waals surface area contributed by atoms with E-state index in [1.165, 1.54) is 0 Å². The fraction of sp³-hybridized carbons (Fsp3) is 0.286. The number of nitrogens with one attached hydrogen (secondary N) is 3. The lowest BCUT2D eigenvalue weighted by molar-refractivity contribution is -0.121. The van der Waals surface area contributed by atoms with E-state index in [9.17, 15) is 4.79 Å². The highest BCUT2D eigenvalue weighted by Crippen LogP contribution is 2.34. The molecule has 1 fully saturated rings. The molecule has 0 aliphatic heterocycles. The van der Waals surface area contributed by atoms with Crippen molar-refractivity contribution in [3.63, 3.8) is 0 Å². The third-order valence-electron chi connectivity index (χ3n) is 5.46. The van der Waals surface area contributed by atoms with Gasteiger partial charge in [0.2, 0.25) is 11.9 Å². The Bertz CT molecular complexity index is 1230. The van der Waals surface area contributed by atoms with E-state index >= 15 is 0 Å². The fourth-order valence-corrected chi connectivity index (χ4v) is 4.21. The maximum absolute atomic E-state index is 11.3. The van der Waals surface area contributed by atoms with Crippen molar-refractivity contribution < 1.29 is 4.79 Å². The summed E-state index contributed by atoms with van der Waals surface area (Å²) in [6, 6.07) is 8.29. The highest BCUT2D eigenvalue weighted by Gasteiger charge is 2.41. The molecule has 1 saturated carbocycles. The molecule has 0 saturated heterocycles. The maximum Gasteiger partial charge on any atom is 0.224 e. The van der Waals surface area contributed by atoms with Gasteiger partial charge in [0.05, 0.1) is 11.7 Å². The van der Waals surface area contributed by atoms with Gasteiger partial charge in [0, 0.05) is 47.2 Å². The molecular formula is C21H21N7O. The van der Waals surface area contributed by atoms with Crippen LogP contribution in [0.3, 0.4) is 0 Å². The van der Waals surface area contributed by atoms with Gasteiger partial charge < -0.3 is 15.6 Å². The summed E-state index contributed by atoms with van der Waals surface area (Å²) in [6.07, 6.45) is 7.20. The summed E-state index contributed by atoms with van der Waals surface area (Å²) in [7, 11) is 0. The summed E-state index contributed by atoms with van der Waals surface area (Å²) in [5, 5.41) is 16.4. The van der Waals surface area contributed by atoms with Gasteiger partial charge in [-0.2, -0.15) is 15.2 Å². The largest absolute Gasteiger partial charge is 0.351 e. The Kier molecular flexibility index (Phi) is 3.94. The van der Waals surface area contributed by atoms with Crippen LogP contribution in [-0.2, 0) is 4.79 Å². The number of nitrogens with zero attached hydrogens (tertiary/aromatic N) is 4. The molecule has 0 spiro atoms. The number of H-pyrrole nitrogens is 1. The van der Waals surface area contributed by atoms with Crippen molar-refractivity contribution in [3.05, 3.63) is 42.9 Å². The second kappa shape index (κ2) is 6.51. The van der Waals surface area contributed by atoms with Crippen molar-refractivity contribution in [1.29, 1.82) is 0 Å². The van der Waals surface area contributed by atoms with Crippen LogP contribution in [0.25, 0.3) is 33.1 Å². The zero-order valence-corrected chi connectivity index (χ0v) is 16.2. The van der Waals surface area contributed by atoms with Crippen molar-refractivity contribution in [2.24, 2.45) is 0 Å². The number of benzene rings is 1. The van der Waals surface area contributed by atoms with Crippen molar-refractivity contribution in [1.82, 2.24) is 30.5 Å². The zero-order chi connectivity index (χ0) is 20.0. The van der Waals surface area contributed by atoms with E-state index in [-0.39, 0.29) is 17.5 Å². The standard InChI is InChI=1S/C21H21N7O/c1-12(29)27-21(2)8-15(9-21)25-20-23-11-17-16(10-22-19(17)26-20)13-3-4-18-14(7-13)5-6-24-28-18/h3-7,10-11,15H,8-9H2,1-2H3,(H,27,29)(H2,22,23,25,26). The number of fused-ring (bicyclic) bond motifs is 2. The second-order valence-corrected chi connectivity index (χ2v) is 7.95. The molecule has 3 aromatic heterocycles. The average Bonchev–Trinajstić information content (AvgIpc) is 3.09. The van der Waals surface area contributed by atoms with Crippen LogP contribution >= 0.6 is 0 Å². The number of carbonyl (C=O) groups is 1. The first kappa shape index (κ1) is 17.5. The van der Waals surface area contributed by atoms with E-state index in [2.05, 4.69) is 48.8 Å². The molecule has 1 aliphatic rings. The van der Waals surface area contributed by atoms with E-state index in [4.69, 9.17) is 0 Å². The lowest BCUT2D eigenvalue weighted by Crippen LogP contribution is -2.59. The van der Waals surface area contributed by atoms with Crippen LogP contribution < -0.4 is 10.6 Å². The maximum atomic E-state index is 11.3. The molecule has 146 valence electrons. The van der Waals surface area contributed by atoms with Gasteiger partial charge in [0.25, 0.3) is 0 Å². The van der Waals surface area contributed by atoms with Gasteiger partial charge >= 0.3 is 0 Å². The number of aromatic nitrogens is 5. The molecule has 1 amide bonds. The van der Waals surface area contributed by atoms with Crippen molar-refractivity contribution in [2.45, 2.75) is 38.3 Å². The minimum atomic E-state index is -0.145. The van der Waals surface area contributed by atoms with Gasteiger partial charge in [-0.15, -0.1) is 0 Å². The number of aromatic amines is 1. The summed E-state index contributed by atoms with van der Waals surface area (Å²) in [6.45, 7) is 3.61. The quantitative estimate of drug-likeness (QED) is 0.497. The second-order valence-electron chi connectivity index (χ2n) is 7.95. The summed E-state index contributed by atoms with van der Waals surface area (Å²) in [5.41, 5.74) is 3.63. The van der Waals surface area contributed by atoms with E-state index < -0.39 is 0 Å². The SMILES string of the molecule is CC(=O)NC1(C)CC(Nc2ncc3c(-c4ccc5nnccc5c4)c[nH]c3n2)C1. The number of amides is 1. The summed E-state index contributed by atoms with van der Waals surface area (Å²) < 4.78 is 0. The Hall–Kier alpha value is -3.55. The van der Waals surface area contributed by atoms with Crippen LogP contribution in [0, 0.1) is 0 Å². The van der Waals surface area contributed by atoms with E-state index in [0.29, 0.717) is 5.95 Å². The van der Waals surface area contributed by atoms with Crippen LogP contribution in [0.15, 0.2) is 42.9 Å². The fourth-order valence-electron chi connectivity index (χ4n) is 4.21. The topological polar surface area (TPSA) is 108 Å². The summed E-state index contributed by atoms with van der Waals surface area (Å²) >= 11 is 0.